The molecule has 0 aliphatic heterocycles. The Kier molecular flexibility index (Phi) is 5.47. The standard InChI is InChI=1S/C13H24ClN3/c1-10(2)7-17(8-11(3)4)9-13-15-6-12(14)16(13)5/h6,10-11H,7-9H2,1-5H3. The highest BCUT2D eigenvalue weighted by molar-refractivity contribution is 6.29. The lowest BCUT2D eigenvalue weighted by Crippen LogP contribution is -2.31. The van der Waals surface area contributed by atoms with Gasteiger partial charge in [-0.15, -0.1) is 0 Å². The van der Waals surface area contributed by atoms with Crippen LogP contribution in [0.1, 0.15) is 33.5 Å². The minimum Gasteiger partial charge on any atom is -0.321 e. The van der Waals surface area contributed by atoms with E-state index in [0.717, 1.165) is 25.5 Å². The SMILES string of the molecule is CC(C)CN(Cc1ncc(Cl)n1C)CC(C)C. The van der Waals surface area contributed by atoms with E-state index in [0.29, 0.717) is 17.0 Å². The van der Waals surface area contributed by atoms with Gasteiger partial charge in [0.1, 0.15) is 11.0 Å². The van der Waals surface area contributed by atoms with E-state index in [1.54, 1.807) is 6.20 Å². The predicted molar refractivity (Wildman–Crippen MR) is 73.2 cm³/mol. The van der Waals surface area contributed by atoms with Crippen molar-refractivity contribution in [3.8, 4) is 0 Å². The summed E-state index contributed by atoms with van der Waals surface area (Å²) >= 11 is 6.01. The lowest BCUT2D eigenvalue weighted by Gasteiger charge is -2.25. The van der Waals surface area contributed by atoms with Gasteiger partial charge in [0.15, 0.2) is 0 Å². The first kappa shape index (κ1) is 14.5. The maximum atomic E-state index is 6.01. The third kappa shape index (κ3) is 4.68. The van der Waals surface area contributed by atoms with Gasteiger partial charge in [0.25, 0.3) is 0 Å². The van der Waals surface area contributed by atoms with Crippen LogP contribution in [0.5, 0.6) is 0 Å². The molecule has 1 aromatic rings. The highest BCUT2D eigenvalue weighted by Crippen LogP contribution is 2.13. The van der Waals surface area contributed by atoms with Crippen molar-refractivity contribution < 1.29 is 0 Å². The van der Waals surface area contributed by atoms with Gasteiger partial charge in [-0.1, -0.05) is 39.3 Å². The molecule has 0 N–H and O–H groups in total. The highest BCUT2D eigenvalue weighted by atomic mass is 35.5. The molecule has 1 heterocycles. The molecule has 0 saturated heterocycles. The van der Waals surface area contributed by atoms with Crippen molar-refractivity contribution in [3.63, 3.8) is 0 Å². The van der Waals surface area contributed by atoms with Crippen LogP contribution < -0.4 is 0 Å². The van der Waals surface area contributed by atoms with E-state index in [2.05, 4.69) is 37.6 Å². The molecule has 0 unspecified atom stereocenters. The lowest BCUT2D eigenvalue weighted by molar-refractivity contribution is 0.205. The molecule has 98 valence electrons. The van der Waals surface area contributed by atoms with E-state index in [1.165, 1.54) is 0 Å². The van der Waals surface area contributed by atoms with Gasteiger partial charge in [0, 0.05) is 20.1 Å². The first-order valence-electron chi connectivity index (χ1n) is 6.28. The zero-order valence-corrected chi connectivity index (χ0v) is 12.3. The van der Waals surface area contributed by atoms with Crippen LogP contribution >= 0.6 is 11.6 Å². The fourth-order valence-electron chi connectivity index (χ4n) is 2.01. The van der Waals surface area contributed by atoms with Crippen LogP contribution in [-0.2, 0) is 13.6 Å². The molecule has 0 amide bonds. The van der Waals surface area contributed by atoms with Gasteiger partial charge in [0.2, 0.25) is 0 Å². The van der Waals surface area contributed by atoms with Crippen molar-refractivity contribution in [2.45, 2.75) is 34.2 Å². The maximum Gasteiger partial charge on any atom is 0.128 e. The number of halogens is 1. The second kappa shape index (κ2) is 6.41. The molecule has 4 heteroatoms. The van der Waals surface area contributed by atoms with Crippen LogP contribution in [0.3, 0.4) is 0 Å². The molecular formula is C13H24ClN3. The molecule has 0 saturated carbocycles. The van der Waals surface area contributed by atoms with E-state index in [-0.39, 0.29) is 0 Å². The summed E-state index contributed by atoms with van der Waals surface area (Å²) in [6.45, 7) is 12.1. The minimum absolute atomic E-state index is 0.671. The topological polar surface area (TPSA) is 21.1 Å². The largest absolute Gasteiger partial charge is 0.321 e. The van der Waals surface area contributed by atoms with Crippen molar-refractivity contribution >= 4 is 11.6 Å². The Morgan fingerprint density at radius 1 is 1.24 bits per heavy atom. The zero-order valence-electron chi connectivity index (χ0n) is 11.6. The molecule has 0 spiro atoms. The fraction of sp³-hybridized carbons (Fsp3) is 0.769. The van der Waals surface area contributed by atoms with E-state index < -0.39 is 0 Å². The average Bonchev–Trinajstić information content (AvgIpc) is 2.47. The summed E-state index contributed by atoms with van der Waals surface area (Å²) in [5, 5.41) is 0.703. The Hall–Kier alpha value is -0.540. The van der Waals surface area contributed by atoms with Crippen LogP contribution in [-0.4, -0.2) is 27.5 Å². The third-order valence-electron chi connectivity index (χ3n) is 2.64. The summed E-state index contributed by atoms with van der Waals surface area (Å²) in [4.78, 5) is 6.81. The summed E-state index contributed by atoms with van der Waals surface area (Å²) in [6, 6.07) is 0. The molecule has 3 nitrogen and oxygen atoms in total. The molecule has 17 heavy (non-hydrogen) atoms. The molecule has 0 aliphatic rings. The average molecular weight is 258 g/mol. The summed E-state index contributed by atoms with van der Waals surface area (Å²) in [5.74, 6) is 2.38. The summed E-state index contributed by atoms with van der Waals surface area (Å²) in [6.07, 6.45) is 1.72. The number of imidazole rings is 1. The van der Waals surface area contributed by atoms with Crippen molar-refractivity contribution in [2.24, 2.45) is 18.9 Å². The van der Waals surface area contributed by atoms with Crippen molar-refractivity contribution in [1.29, 1.82) is 0 Å². The number of aromatic nitrogens is 2. The van der Waals surface area contributed by atoms with Crippen LogP contribution in [0.4, 0.5) is 0 Å². The second-order valence-corrected chi connectivity index (χ2v) is 5.93. The van der Waals surface area contributed by atoms with Crippen molar-refractivity contribution in [2.75, 3.05) is 13.1 Å². The zero-order chi connectivity index (χ0) is 13.0. The van der Waals surface area contributed by atoms with Gasteiger partial charge in [-0.25, -0.2) is 4.98 Å². The van der Waals surface area contributed by atoms with E-state index in [1.807, 2.05) is 11.6 Å². The molecule has 1 rings (SSSR count). The summed E-state index contributed by atoms with van der Waals surface area (Å²) in [5.41, 5.74) is 0. The second-order valence-electron chi connectivity index (χ2n) is 5.54. The van der Waals surface area contributed by atoms with Gasteiger partial charge in [0.05, 0.1) is 12.7 Å². The molecule has 0 bridgehead atoms. The number of hydrogen-bond acceptors (Lipinski definition) is 2. The Morgan fingerprint density at radius 3 is 2.12 bits per heavy atom. The normalized spacial score (nSPS) is 12.1. The quantitative estimate of drug-likeness (QED) is 0.781. The van der Waals surface area contributed by atoms with Gasteiger partial charge >= 0.3 is 0 Å². The summed E-state index contributed by atoms with van der Waals surface area (Å²) < 4.78 is 1.95. The smallest absolute Gasteiger partial charge is 0.128 e. The molecule has 1 aromatic heterocycles. The van der Waals surface area contributed by atoms with Crippen molar-refractivity contribution in [1.82, 2.24) is 14.5 Å². The molecule has 0 radical (unpaired) electrons. The molecule has 0 atom stereocenters. The Morgan fingerprint density at radius 2 is 1.76 bits per heavy atom. The van der Waals surface area contributed by atoms with Crippen LogP contribution in [0.25, 0.3) is 0 Å². The summed E-state index contributed by atoms with van der Waals surface area (Å²) in [7, 11) is 1.97. The molecule has 0 aliphatic carbocycles. The maximum absolute atomic E-state index is 6.01. The first-order valence-corrected chi connectivity index (χ1v) is 6.66. The number of nitrogens with zero attached hydrogens (tertiary/aromatic N) is 3. The van der Waals surface area contributed by atoms with E-state index >= 15 is 0 Å². The van der Waals surface area contributed by atoms with E-state index in [9.17, 15) is 0 Å². The molecule has 0 fully saturated rings. The highest BCUT2D eigenvalue weighted by Gasteiger charge is 2.13. The van der Waals surface area contributed by atoms with Crippen LogP contribution in [0, 0.1) is 11.8 Å². The van der Waals surface area contributed by atoms with Crippen molar-refractivity contribution in [3.05, 3.63) is 17.2 Å². The first-order chi connectivity index (χ1) is 7.90. The number of rotatable bonds is 6. The van der Waals surface area contributed by atoms with Gasteiger partial charge in [-0.05, 0) is 11.8 Å². The van der Waals surface area contributed by atoms with Crippen LogP contribution in [0.15, 0.2) is 6.20 Å². The van der Waals surface area contributed by atoms with Gasteiger partial charge in [-0.3, -0.25) is 4.90 Å². The lowest BCUT2D eigenvalue weighted by atomic mass is 10.1. The Labute approximate surface area is 110 Å². The Balaban J connectivity index is 2.68. The third-order valence-corrected chi connectivity index (χ3v) is 2.99. The molecule has 0 aromatic carbocycles. The number of hydrogen-bond donors (Lipinski definition) is 0. The monoisotopic (exact) mass is 257 g/mol. The van der Waals surface area contributed by atoms with Crippen LogP contribution in [0.2, 0.25) is 5.15 Å². The molecular weight excluding hydrogens is 234 g/mol. The predicted octanol–water partition coefficient (Wildman–Crippen LogP) is 3.19. The fourth-order valence-corrected chi connectivity index (χ4v) is 2.15. The van der Waals surface area contributed by atoms with Gasteiger partial charge < -0.3 is 4.57 Å². The Bertz CT molecular complexity index is 334. The van der Waals surface area contributed by atoms with E-state index in [4.69, 9.17) is 11.6 Å². The minimum atomic E-state index is 0.671. The van der Waals surface area contributed by atoms with Gasteiger partial charge in [-0.2, -0.15) is 0 Å².